The molecule has 0 bridgehead atoms. The predicted molar refractivity (Wildman–Crippen MR) is 141 cm³/mol. The van der Waals surface area contributed by atoms with E-state index >= 15 is 0 Å². The third kappa shape index (κ3) is 5.58. The number of aromatic nitrogens is 1. The lowest BCUT2D eigenvalue weighted by molar-refractivity contribution is -0.0324. The Morgan fingerprint density at radius 1 is 1.08 bits per heavy atom. The van der Waals surface area contributed by atoms with Crippen LogP contribution in [0, 0.1) is 0 Å². The van der Waals surface area contributed by atoms with Gasteiger partial charge in [0, 0.05) is 55.1 Å². The molecule has 1 unspecified atom stereocenters. The number of benzene rings is 2. The van der Waals surface area contributed by atoms with Gasteiger partial charge in [0.1, 0.15) is 11.0 Å². The first-order valence-electron chi connectivity index (χ1n) is 12.6. The average molecular weight is 539 g/mol. The Morgan fingerprint density at radius 2 is 1.87 bits per heavy atom. The van der Waals surface area contributed by atoms with Gasteiger partial charge in [-0.15, -0.1) is 0 Å². The highest BCUT2D eigenvalue weighted by Crippen LogP contribution is 2.24. The summed E-state index contributed by atoms with van der Waals surface area (Å²) < 4.78 is 39.6. The van der Waals surface area contributed by atoms with Gasteiger partial charge in [-0.3, -0.25) is 14.5 Å². The molecule has 2 saturated heterocycles. The highest BCUT2D eigenvalue weighted by molar-refractivity contribution is 7.93. The van der Waals surface area contributed by atoms with Crippen molar-refractivity contribution < 1.29 is 27.5 Å². The molecule has 11 heteroatoms. The summed E-state index contributed by atoms with van der Waals surface area (Å²) in [5, 5.41) is 0.724. The largest absolute Gasteiger partial charge is 0.444 e. The SMILES string of the molecule is C[C@@H]1CN(C(=O)OC2CCCOC2)CCN1C(=O)c1ccc(NS(=O)(=O)c2cccc3cccnc23)cc1. The summed E-state index contributed by atoms with van der Waals surface area (Å²) >= 11 is 0. The number of pyridine rings is 1. The first kappa shape index (κ1) is 25.9. The molecule has 10 nitrogen and oxygen atoms in total. The molecule has 2 aromatic carbocycles. The number of rotatable bonds is 5. The second-order valence-corrected chi connectivity index (χ2v) is 11.2. The molecule has 3 heterocycles. The molecule has 5 rings (SSSR count). The Bertz CT molecular complexity index is 1420. The van der Waals surface area contributed by atoms with E-state index in [2.05, 4.69) is 9.71 Å². The monoisotopic (exact) mass is 538 g/mol. The fourth-order valence-corrected chi connectivity index (χ4v) is 6.04. The standard InChI is InChI=1S/C27H30N4O6S/c1-19-17-30(27(33)37-23-7-4-16-36-18-23)14-15-31(19)26(32)21-9-11-22(12-10-21)29-38(34,35)24-8-2-5-20-6-3-13-28-25(20)24/h2-3,5-6,8-13,19,23,29H,4,7,14-18H2,1H3/t19-,23?/m1/s1. The summed E-state index contributed by atoms with van der Waals surface area (Å²) in [6.07, 6.45) is 2.62. The maximum Gasteiger partial charge on any atom is 0.410 e. The van der Waals surface area contributed by atoms with E-state index in [-0.39, 0.29) is 29.0 Å². The number of sulfonamides is 1. The van der Waals surface area contributed by atoms with Gasteiger partial charge in [-0.05, 0) is 56.2 Å². The number of fused-ring (bicyclic) bond motifs is 1. The Balaban J connectivity index is 1.21. The number of anilines is 1. The minimum atomic E-state index is -3.89. The van der Waals surface area contributed by atoms with E-state index in [0.29, 0.717) is 49.6 Å². The summed E-state index contributed by atoms with van der Waals surface area (Å²) in [7, 11) is -3.89. The van der Waals surface area contributed by atoms with Crippen LogP contribution in [0.15, 0.2) is 65.7 Å². The molecule has 3 aromatic rings. The van der Waals surface area contributed by atoms with Crippen molar-refractivity contribution in [2.75, 3.05) is 37.6 Å². The second kappa shape index (κ2) is 11.0. The lowest BCUT2D eigenvalue weighted by Gasteiger charge is -2.40. The number of para-hydroxylation sites is 1. The number of carbonyl (C=O) groups is 2. The summed E-state index contributed by atoms with van der Waals surface area (Å²) in [5.74, 6) is -0.182. The highest BCUT2D eigenvalue weighted by Gasteiger charge is 2.32. The molecule has 2 aliphatic rings. The van der Waals surface area contributed by atoms with E-state index < -0.39 is 10.0 Å². The van der Waals surface area contributed by atoms with Gasteiger partial charge in [-0.2, -0.15) is 0 Å². The molecule has 0 spiro atoms. The fourth-order valence-electron chi connectivity index (χ4n) is 4.80. The molecule has 0 radical (unpaired) electrons. The maximum absolute atomic E-state index is 13.2. The van der Waals surface area contributed by atoms with Crippen LogP contribution in [-0.2, 0) is 19.5 Å². The van der Waals surface area contributed by atoms with Crippen molar-refractivity contribution in [3.05, 3.63) is 66.4 Å². The third-order valence-electron chi connectivity index (χ3n) is 6.80. The van der Waals surface area contributed by atoms with Crippen molar-refractivity contribution in [1.29, 1.82) is 0 Å². The van der Waals surface area contributed by atoms with Crippen LogP contribution in [0.2, 0.25) is 0 Å². The van der Waals surface area contributed by atoms with Gasteiger partial charge in [0.25, 0.3) is 15.9 Å². The molecule has 0 saturated carbocycles. The number of nitrogens with one attached hydrogen (secondary N) is 1. The summed E-state index contributed by atoms with van der Waals surface area (Å²) in [6.45, 7) is 4.13. The van der Waals surface area contributed by atoms with Gasteiger partial charge >= 0.3 is 6.09 Å². The van der Waals surface area contributed by atoms with Crippen LogP contribution < -0.4 is 4.72 Å². The van der Waals surface area contributed by atoms with Crippen molar-refractivity contribution in [2.24, 2.45) is 0 Å². The first-order chi connectivity index (χ1) is 18.3. The molecule has 200 valence electrons. The number of carbonyl (C=O) groups excluding carboxylic acids is 2. The number of ether oxygens (including phenoxy) is 2. The highest BCUT2D eigenvalue weighted by atomic mass is 32.2. The Hall–Kier alpha value is -3.70. The molecule has 1 N–H and O–H groups in total. The molecule has 2 aliphatic heterocycles. The molecule has 1 aromatic heterocycles. The smallest absolute Gasteiger partial charge is 0.410 e. The lowest BCUT2D eigenvalue weighted by atomic mass is 10.1. The zero-order valence-electron chi connectivity index (χ0n) is 21.1. The third-order valence-corrected chi connectivity index (χ3v) is 8.21. The van der Waals surface area contributed by atoms with Gasteiger partial charge in [-0.1, -0.05) is 18.2 Å². The van der Waals surface area contributed by atoms with Crippen LogP contribution in [-0.4, -0.2) is 80.2 Å². The van der Waals surface area contributed by atoms with Crippen LogP contribution in [0.3, 0.4) is 0 Å². The zero-order chi connectivity index (χ0) is 26.7. The fraction of sp³-hybridized carbons (Fsp3) is 0.370. The molecule has 0 aliphatic carbocycles. The first-order valence-corrected chi connectivity index (χ1v) is 14.1. The van der Waals surface area contributed by atoms with Gasteiger partial charge < -0.3 is 19.3 Å². The van der Waals surface area contributed by atoms with E-state index in [1.807, 2.05) is 6.92 Å². The molecule has 2 fully saturated rings. The summed E-state index contributed by atoms with van der Waals surface area (Å²) in [5.41, 5.74) is 1.15. The van der Waals surface area contributed by atoms with Crippen molar-refractivity contribution in [3.63, 3.8) is 0 Å². The quantitative estimate of drug-likeness (QED) is 0.528. The Kier molecular flexibility index (Phi) is 7.48. The molecular formula is C27H30N4O6S. The normalized spacial score (nSPS) is 20.2. The zero-order valence-corrected chi connectivity index (χ0v) is 21.9. The average Bonchev–Trinajstić information content (AvgIpc) is 2.93. The van der Waals surface area contributed by atoms with E-state index in [1.54, 1.807) is 64.5 Å². The maximum atomic E-state index is 13.2. The van der Waals surface area contributed by atoms with E-state index in [9.17, 15) is 18.0 Å². The predicted octanol–water partition coefficient (Wildman–Crippen LogP) is 3.50. The Morgan fingerprint density at radius 3 is 2.61 bits per heavy atom. The van der Waals surface area contributed by atoms with Gasteiger partial charge in [0.2, 0.25) is 0 Å². The topological polar surface area (TPSA) is 118 Å². The van der Waals surface area contributed by atoms with Gasteiger partial charge in [-0.25, -0.2) is 13.2 Å². The van der Waals surface area contributed by atoms with Crippen molar-refractivity contribution in [3.8, 4) is 0 Å². The van der Waals surface area contributed by atoms with E-state index in [1.165, 1.54) is 6.07 Å². The second-order valence-electron chi connectivity index (χ2n) is 9.53. The Labute approximate surface area is 221 Å². The number of amides is 2. The lowest BCUT2D eigenvalue weighted by Crippen LogP contribution is -2.56. The van der Waals surface area contributed by atoms with Gasteiger partial charge in [0.05, 0.1) is 12.1 Å². The molecule has 38 heavy (non-hydrogen) atoms. The minimum absolute atomic E-state index is 0.0805. The summed E-state index contributed by atoms with van der Waals surface area (Å²) in [6, 6.07) is 14.7. The van der Waals surface area contributed by atoms with Crippen molar-refractivity contribution >= 4 is 38.6 Å². The molecular weight excluding hydrogens is 508 g/mol. The molecule has 2 amide bonds. The van der Waals surface area contributed by atoms with Crippen LogP contribution in [0.5, 0.6) is 0 Å². The molecule has 2 atom stereocenters. The number of piperazine rings is 1. The number of nitrogens with zero attached hydrogens (tertiary/aromatic N) is 3. The van der Waals surface area contributed by atoms with Crippen LogP contribution in [0.4, 0.5) is 10.5 Å². The number of hydrogen-bond donors (Lipinski definition) is 1. The van der Waals surface area contributed by atoms with Crippen molar-refractivity contribution in [1.82, 2.24) is 14.8 Å². The summed E-state index contributed by atoms with van der Waals surface area (Å²) in [4.78, 5) is 33.4. The van der Waals surface area contributed by atoms with Gasteiger partial charge in [0.15, 0.2) is 0 Å². The number of hydrogen-bond acceptors (Lipinski definition) is 7. The minimum Gasteiger partial charge on any atom is -0.444 e. The van der Waals surface area contributed by atoms with Crippen LogP contribution in [0.25, 0.3) is 10.9 Å². The van der Waals surface area contributed by atoms with Crippen LogP contribution in [0.1, 0.15) is 30.1 Å². The van der Waals surface area contributed by atoms with Crippen LogP contribution >= 0.6 is 0 Å². The van der Waals surface area contributed by atoms with E-state index in [0.717, 1.165) is 18.2 Å². The van der Waals surface area contributed by atoms with E-state index in [4.69, 9.17) is 9.47 Å². The van der Waals surface area contributed by atoms with Crippen molar-refractivity contribution in [2.45, 2.75) is 36.8 Å².